The molecule has 0 aliphatic heterocycles. The molecule has 0 amide bonds. The second-order valence-electron chi connectivity index (χ2n) is 4.26. The van der Waals surface area contributed by atoms with Crippen LogP contribution in [0.15, 0.2) is 16.3 Å². The van der Waals surface area contributed by atoms with Gasteiger partial charge in [0.05, 0.1) is 12.2 Å². The molecule has 90 valence electrons. The normalized spacial score (nSPS) is 11.7. The number of hydrogen-bond donors (Lipinski definition) is 1. The van der Waals surface area contributed by atoms with Crippen LogP contribution in [-0.4, -0.2) is 29.0 Å². The van der Waals surface area contributed by atoms with Crippen LogP contribution in [0.25, 0.3) is 0 Å². The van der Waals surface area contributed by atoms with Gasteiger partial charge in [-0.25, -0.2) is 4.79 Å². The maximum absolute atomic E-state index is 10.7. The van der Waals surface area contributed by atoms with E-state index in [0.29, 0.717) is 11.5 Å². The molecule has 3 nitrogen and oxygen atoms in total. The largest absolute Gasteiger partial charge is 0.477 e. The van der Waals surface area contributed by atoms with E-state index in [1.807, 2.05) is 26.2 Å². The van der Waals surface area contributed by atoms with Crippen molar-refractivity contribution in [1.29, 1.82) is 0 Å². The third kappa shape index (κ3) is 5.01. The maximum atomic E-state index is 10.7. The Kier molecular flexibility index (Phi) is 4.83. The van der Waals surface area contributed by atoms with Crippen LogP contribution in [-0.2, 0) is 4.74 Å². The Balaban J connectivity index is 2.30. The highest BCUT2D eigenvalue weighted by Crippen LogP contribution is 2.25. The lowest BCUT2D eigenvalue weighted by molar-refractivity contribution is 0.00694. The summed E-state index contributed by atoms with van der Waals surface area (Å²) < 4.78 is 5.57. The minimum Gasteiger partial charge on any atom is -0.477 e. The first-order valence-corrected chi connectivity index (χ1v) is 6.83. The minimum atomic E-state index is -0.859. The van der Waals surface area contributed by atoms with Crippen LogP contribution in [0.3, 0.4) is 0 Å². The molecule has 1 N–H and O–H groups in total. The summed E-state index contributed by atoms with van der Waals surface area (Å²) in [6, 6.07) is 1.70. The highest BCUT2D eigenvalue weighted by atomic mass is 32.2. The van der Waals surface area contributed by atoms with Crippen molar-refractivity contribution < 1.29 is 14.6 Å². The number of ether oxygens (including phenoxy) is 1. The predicted octanol–water partition coefficient (Wildman–Crippen LogP) is 3.35. The Morgan fingerprint density at radius 3 is 2.75 bits per heavy atom. The summed E-state index contributed by atoms with van der Waals surface area (Å²) in [5.74, 6) is -0.0182. The fraction of sp³-hybridized carbons (Fsp3) is 0.545. The molecule has 0 saturated heterocycles. The molecule has 1 aromatic rings. The van der Waals surface area contributed by atoms with Crippen LogP contribution in [0.5, 0.6) is 0 Å². The Morgan fingerprint density at radius 2 is 2.25 bits per heavy atom. The highest BCUT2D eigenvalue weighted by Gasteiger charge is 2.10. The van der Waals surface area contributed by atoms with Gasteiger partial charge in [0.2, 0.25) is 0 Å². The van der Waals surface area contributed by atoms with Gasteiger partial charge in [0, 0.05) is 16.0 Å². The molecule has 0 aliphatic carbocycles. The van der Waals surface area contributed by atoms with E-state index in [9.17, 15) is 4.79 Å². The number of hydrogen-bond acceptors (Lipinski definition) is 4. The smallest absolute Gasteiger partial charge is 0.345 e. The minimum absolute atomic E-state index is 0.110. The maximum Gasteiger partial charge on any atom is 0.345 e. The summed E-state index contributed by atoms with van der Waals surface area (Å²) in [6.07, 6.45) is 0. The van der Waals surface area contributed by atoms with Crippen molar-refractivity contribution in [1.82, 2.24) is 0 Å². The predicted molar refractivity (Wildman–Crippen MR) is 67.7 cm³/mol. The quantitative estimate of drug-likeness (QED) is 0.651. The zero-order chi connectivity index (χ0) is 12.2. The molecule has 0 spiro atoms. The Morgan fingerprint density at radius 1 is 1.56 bits per heavy atom. The third-order valence-corrected chi connectivity index (χ3v) is 3.68. The summed E-state index contributed by atoms with van der Waals surface area (Å²) in [7, 11) is 0. The lowest BCUT2D eigenvalue weighted by Crippen LogP contribution is -2.20. The fourth-order valence-electron chi connectivity index (χ4n) is 1.01. The van der Waals surface area contributed by atoms with E-state index in [0.717, 1.165) is 10.6 Å². The average molecular weight is 260 g/mol. The Bertz CT molecular complexity index is 352. The second kappa shape index (κ2) is 5.70. The molecule has 0 fully saturated rings. The molecule has 1 rings (SSSR count). The monoisotopic (exact) mass is 260 g/mol. The number of rotatable bonds is 5. The standard InChI is InChI=1S/C11H16O3S2/c1-11(2,3)14-4-5-15-8-6-9(10(12)13)16-7-8/h6-7H,4-5H2,1-3H3,(H,12,13). The van der Waals surface area contributed by atoms with Gasteiger partial charge in [0.15, 0.2) is 0 Å². The van der Waals surface area contributed by atoms with Crippen molar-refractivity contribution in [2.45, 2.75) is 31.3 Å². The molecular weight excluding hydrogens is 244 g/mol. The van der Waals surface area contributed by atoms with Gasteiger partial charge in [-0.2, -0.15) is 0 Å². The second-order valence-corrected chi connectivity index (χ2v) is 6.34. The Labute approximate surface area is 104 Å². The van der Waals surface area contributed by atoms with E-state index in [1.54, 1.807) is 17.8 Å². The van der Waals surface area contributed by atoms with Crippen molar-refractivity contribution >= 4 is 29.1 Å². The zero-order valence-electron chi connectivity index (χ0n) is 9.65. The topological polar surface area (TPSA) is 46.5 Å². The number of carboxylic acids is 1. The van der Waals surface area contributed by atoms with Gasteiger partial charge in [0.1, 0.15) is 4.88 Å². The highest BCUT2D eigenvalue weighted by molar-refractivity contribution is 7.99. The van der Waals surface area contributed by atoms with Gasteiger partial charge >= 0.3 is 5.97 Å². The van der Waals surface area contributed by atoms with E-state index in [-0.39, 0.29) is 5.60 Å². The number of carboxylic acid groups (broad SMARTS) is 1. The van der Waals surface area contributed by atoms with Crippen molar-refractivity contribution in [3.8, 4) is 0 Å². The zero-order valence-corrected chi connectivity index (χ0v) is 11.3. The van der Waals surface area contributed by atoms with Crippen molar-refractivity contribution in [3.63, 3.8) is 0 Å². The lowest BCUT2D eigenvalue weighted by atomic mass is 10.2. The summed E-state index contributed by atoms with van der Waals surface area (Å²) in [5.41, 5.74) is -0.110. The molecule has 0 aliphatic rings. The van der Waals surface area contributed by atoms with Gasteiger partial charge in [-0.15, -0.1) is 23.1 Å². The number of thioether (sulfide) groups is 1. The number of thiophene rings is 1. The summed E-state index contributed by atoms with van der Waals surface area (Å²) in [6.45, 7) is 6.73. The Hall–Kier alpha value is -0.520. The summed E-state index contributed by atoms with van der Waals surface area (Å²) >= 11 is 2.88. The van der Waals surface area contributed by atoms with Gasteiger partial charge in [-0.05, 0) is 26.8 Å². The number of carbonyl (C=O) groups is 1. The molecule has 0 radical (unpaired) electrons. The molecular formula is C11H16O3S2. The SMILES string of the molecule is CC(C)(C)OCCSc1csc(C(=O)O)c1. The lowest BCUT2D eigenvalue weighted by Gasteiger charge is -2.18. The molecule has 1 heterocycles. The van der Waals surface area contributed by atoms with Gasteiger partial charge in [0.25, 0.3) is 0 Å². The molecule has 0 atom stereocenters. The van der Waals surface area contributed by atoms with E-state index in [1.165, 1.54) is 11.3 Å². The molecule has 0 bridgehead atoms. The molecule has 0 saturated carbocycles. The molecule has 16 heavy (non-hydrogen) atoms. The van der Waals surface area contributed by atoms with E-state index in [4.69, 9.17) is 9.84 Å². The molecule has 5 heteroatoms. The van der Waals surface area contributed by atoms with Gasteiger partial charge < -0.3 is 9.84 Å². The average Bonchev–Trinajstić information content (AvgIpc) is 2.59. The van der Waals surface area contributed by atoms with Crippen LogP contribution in [0.4, 0.5) is 0 Å². The summed E-state index contributed by atoms with van der Waals surface area (Å²) in [5, 5.41) is 10.6. The van der Waals surface area contributed by atoms with Crippen LogP contribution in [0.2, 0.25) is 0 Å². The molecule has 0 unspecified atom stereocenters. The fourth-order valence-corrected chi connectivity index (χ4v) is 2.72. The van der Waals surface area contributed by atoms with Crippen molar-refractivity contribution in [2.24, 2.45) is 0 Å². The summed E-state index contributed by atoms with van der Waals surface area (Å²) in [4.78, 5) is 12.0. The third-order valence-electron chi connectivity index (χ3n) is 1.67. The first kappa shape index (κ1) is 13.5. The first-order valence-electron chi connectivity index (χ1n) is 4.97. The van der Waals surface area contributed by atoms with E-state index >= 15 is 0 Å². The van der Waals surface area contributed by atoms with Crippen molar-refractivity contribution in [2.75, 3.05) is 12.4 Å². The van der Waals surface area contributed by atoms with Gasteiger partial charge in [-0.3, -0.25) is 0 Å². The van der Waals surface area contributed by atoms with Crippen LogP contribution < -0.4 is 0 Å². The van der Waals surface area contributed by atoms with Crippen LogP contribution in [0.1, 0.15) is 30.4 Å². The van der Waals surface area contributed by atoms with Crippen LogP contribution in [0, 0.1) is 0 Å². The van der Waals surface area contributed by atoms with Crippen molar-refractivity contribution in [3.05, 3.63) is 16.3 Å². The molecule has 0 aromatic carbocycles. The van der Waals surface area contributed by atoms with E-state index < -0.39 is 5.97 Å². The van der Waals surface area contributed by atoms with Gasteiger partial charge in [-0.1, -0.05) is 0 Å². The van der Waals surface area contributed by atoms with E-state index in [2.05, 4.69) is 0 Å². The number of aromatic carboxylic acids is 1. The first-order chi connectivity index (χ1) is 7.38. The van der Waals surface area contributed by atoms with Crippen LogP contribution >= 0.6 is 23.1 Å². The molecule has 1 aromatic heterocycles.